The molecule has 1 aromatic heterocycles. The van der Waals surface area contributed by atoms with Crippen molar-refractivity contribution >= 4 is 17.6 Å². The molecule has 1 amide bonds. The molecule has 7 nitrogen and oxygen atoms in total. The molecule has 1 heterocycles. The Balaban J connectivity index is 1.87. The minimum absolute atomic E-state index is 0.100. The first-order valence-electron chi connectivity index (χ1n) is 6.28. The van der Waals surface area contributed by atoms with Gasteiger partial charge in [-0.2, -0.15) is 5.10 Å². The fraction of sp³-hybridized carbons (Fsp3) is 0.214. The number of carbonyl (C=O) groups excluding carboxylic acids is 1. The molecule has 0 fully saturated rings. The van der Waals surface area contributed by atoms with Gasteiger partial charge >= 0.3 is 5.97 Å². The zero-order chi connectivity index (χ0) is 15.2. The number of aromatic carboxylic acids is 1. The normalized spacial score (nSPS) is 10.1. The second-order valence-electron chi connectivity index (χ2n) is 4.33. The van der Waals surface area contributed by atoms with Crippen LogP contribution in [0.4, 0.5) is 5.69 Å². The Kier molecular flexibility index (Phi) is 4.55. The van der Waals surface area contributed by atoms with Crippen LogP contribution in [0.5, 0.6) is 5.75 Å². The van der Waals surface area contributed by atoms with E-state index in [4.69, 9.17) is 9.84 Å². The van der Waals surface area contributed by atoms with Gasteiger partial charge in [0.2, 0.25) is 5.91 Å². The number of benzene rings is 1. The number of aryl methyl sites for hydroxylation is 1. The summed E-state index contributed by atoms with van der Waals surface area (Å²) in [6, 6.07) is 7.04. The van der Waals surface area contributed by atoms with Gasteiger partial charge in [-0.15, -0.1) is 0 Å². The van der Waals surface area contributed by atoms with Crippen molar-refractivity contribution in [2.75, 3.05) is 12.4 Å². The molecule has 1 aromatic carbocycles. The maximum atomic E-state index is 11.8. The summed E-state index contributed by atoms with van der Waals surface area (Å²) in [6.07, 6.45) is 2.83. The van der Waals surface area contributed by atoms with Gasteiger partial charge in [0.1, 0.15) is 5.75 Å². The first-order chi connectivity index (χ1) is 10.1. The summed E-state index contributed by atoms with van der Waals surface area (Å²) >= 11 is 0. The van der Waals surface area contributed by atoms with E-state index in [2.05, 4.69) is 10.4 Å². The van der Waals surface area contributed by atoms with E-state index in [0.717, 1.165) is 0 Å². The van der Waals surface area contributed by atoms with Gasteiger partial charge < -0.3 is 15.2 Å². The van der Waals surface area contributed by atoms with Gasteiger partial charge in [0.15, 0.2) is 0 Å². The Hall–Kier alpha value is -2.83. The van der Waals surface area contributed by atoms with Gasteiger partial charge in [-0.05, 0) is 12.1 Å². The van der Waals surface area contributed by atoms with Crippen LogP contribution < -0.4 is 10.1 Å². The van der Waals surface area contributed by atoms with Crippen molar-refractivity contribution in [1.29, 1.82) is 0 Å². The van der Waals surface area contributed by atoms with Crippen LogP contribution >= 0.6 is 0 Å². The van der Waals surface area contributed by atoms with Crippen LogP contribution in [0.3, 0.4) is 0 Å². The second kappa shape index (κ2) is 6.56. The quantitative estimate of drug-likeness (QED) is 0.842. The topological polar surface area (TPSA) is 93.5 Å². The molecule has 2 N–H and O–H groups in total. The van der Waals surface area contributed by atoms with Crippen LogP contribution in [0.1, 0.15) is 16.8 Å². The molecule has 2 aromatic rings. The number of hydrogen-bond acceptors (Lipinski definition) is 4. The van der Waals surface area contributed by atoms with Gasteiger partial charge in [0, 0.05) is 30.9 Å². The molecule has 0 atom stereocenters. The Morgan fingerprint density at radius 1 is 1.43 bits per heavy atom. The molecule has 0 aliphatic rings. The lowest BCUT2D eigenvalue weighted by atomic mass is 10.3. The summed E-state index contributed by atoms with van der Waals surface area (Å²) in [7, 11) is 1.55. The lowest BCUT2D eigenvalue weighted by Crippen LogP contribution is -2.14. The average Bonchev–Trinajstić information content (AvgIpc) is 2.94. The number of hydrogen-bond donors (Lipinski definition) is 2. The predicted molar refractivity (Wildman–Crippen MR) is 75.4 cm³/mol. The summed E-state index contributed by atoms with van der Waals surface area (Å²) in [6.45, 7) is 0.309. The van der Waals surface area contributed by atoms with Crippen molar-refractivity contribution in [3.8, 4) is 5.75 Å². The predicted octanol–water partition coefficient (Wildman–Crippen LogP) is 1.62. The van der Waals surface area contributed by atoms with E-state index in [1.807, 2.05) is 0 Å². The SMILES string of the molecule is COc1cccc(NC(=O)CCn2cc(C(=O)O)cn2)c1. The molecule has 0 aliphatic carbocycles. The van der Waals surface area contributed by atoms with E-state index < -0.39 is 5.97 Å². The van der Waals surface area contributed by atoms with Crippen LogP contribution in [0.2, 0.25) is 0 Å². The van der Waals surface area contributed by atoms with Gasteiger partial charge in [0.25, 0.3) is 0 Å². The Morgan fingerprint density at radius 2 is 2.24 bits per heavy atom. The first-order valence-corrected chi connectivity index (χ1v) is 6.28. The number of nitrogens with zero attached hydrogens (tertiary/aromatic N) is 2. The van der Waals surface area contributed by atoms with Crippen molar-refractivity contribution in [2.45, 2.75) is 13.0 Å². The largest absolute Gasteiger partial charge is 0.497 e. The zero-order valence-corrected chi connectivity index (χ0v) is 11.4. The number of amides is 1. The number of ether oxygens (including phenoxy) is 1. The van der Waals surface area contributed by atoms with E-state index in [1.54, 1.807) is 31.4 Å². The summed E-state index contributed by atoms with van der Waals surface area (Å²) < 4.78 is 6.50. The van der Waals surface area contributed by atoms with Gasteiger partial charge in [-0.1, -0.05) is 6.07 Å². The summed E-state index contributed by atoms with van der Waals surface area (Å²) in [5.74, 6) is -0.566. The molecule has 0 unspecified atom stereocenters. The molecule has 0 bridgehead atoms. The zero-order valence-electron chi connectivity index (χ0n) is 11.4. The molecule has 0 spiro atoms. The first kappa shape index (κ1) is 14.6. The standard InChI is InChI=1S/C14H15N3O4/c1-21-12-4-2-3-11(7-12)16-13(18)5-6-17-9-10(8-15-17)14(19)20/h2-4,7-9H,5-6H2,1H3,(H,16,18)(H,19,20). The number of rotatable bonds is 6. The lowest BCUT2D eigenvalue weighted by molar-refractivity contribution is -0.116. The minimum Gasteiger partial charge on any atom is -0.497 e. The number of methoxy groups -OCH3 is 1. The molecular weight excluding hydrogens is 274 g/mol. The van der Waals surface area contributed by atoms with Gasteiger partial charge in [0.05, 0.1) is 18.9 Å². The van der Waals surface area contributed by atoms with Crippen molar-refractivity contribution < 1.29 is 19.4 Å². The van der Waals surface area contributed by atoms with Crippen LogP contribution in [0.15, 0.2) is 36.7 Å². The molecule has 0 aliphatic heterocycles. The number of anilines is 1. The van der Waals surface area contributed by atoms with E-state index >= 15 is 0 Å². The summed E-state index contributed by atoms with van der Waals surface area (Å²) in [5, 5.41) is 15.4. The Morgan fingerprint density at radius 3 is 2.90 bits per heavy atom. The summed E-state index contributed by atoms with van der Waals surface area (Å²) in [5.41, 5.74) is 0.745. The third kappa shape index (κ3) is 4.07. The van der Waals surface area contributed by atoms with Crippen LogP contribution in [-0.4, -0.2) is 33.9 Å². The number of aromatic nitrogens is 2. The fourth-order valence-corrected chi connectivity index (χ4v) is 1.74. The Labute approximate surface area is 121 Å². The van der Waals surface area contributed by atoms with E-state index in [-0.39, 0.29) is 17.9 Å². The Bertz CT molecular complexity index is 651. The van der Waals surface area contributed by atoms with E-state index in [9.17, 15) is 9.59 Å². The van der Waals surface area contributed by atoms with E-state index in [0.29, 0.717) is 18.0 Å². The maximum absolute atomic E-state index is 11.8. The van der Waals surface area contributed by atoms with E-state index in [1.165, 1.54) is 17.1 Å². The number of carbonyl (C=O) groups is 2. The van der Waals surface area contributed by atoms with Gasteiger partial charge in [-0.3, -0.25) is 9.48 Å². The van der Waals surface area contributed by atoms with Gasteiger partial charge in [-0.25, -0.2) is 4.79 Å². The molecule has 0 saturated carbocycles. The second-order valence-corrected chi connectivity index (χ2v) is 4.33. The highest BCUT2D eigenvalue weighted by atomic mass is 16.5. The van der Waals surface area contributed by atoms with Crippen LogP contribution in [0, 0.1) is 0 Å². The molecule has 7 heteroatoms. The molecular formula is C14H15N3O4. The lowest BCUT2D eigenvalue weighted by Gasteiger charge is -2.07. The molecule has 21 heavy (non-hydrogen) atoms. The van der Waals surface area contributed by atoms with Crippen molar-refractivity contribution in [1.82, 2.24) is 9.78 Å². The number of carboxylic acid groups (broad SMARTS) is 1. The molecule has 0 radical (unpaired) electrons. The highest BCUT2D eigenvalue weighted by Crippen LogP contribution is 2.16. The summed E-state index contributed by atoms with van der Waals surface area (Å²) in [4.78, 5) is 22.5. The highest BCUT2D eigenvalue weighted by Gasteiger charge is 2.08. The monoisotopic (exact) mass is 289 g/mol. The molecule has 0 saturated heterocycles. The van der Waals surface area contributed by atoms with Crippen LogP contribution in [0.25, 0.3) is 0 Å². The van der Waals surface area contributed by atoms with Crippen molar-refractivity contribution in [3.05, 3.63) is 42.2 Å². The molecule has 2 rings (SSSR count). The maximum Gasteiger partial charge on any atom is 0.338 e. The van der Waals surface area contributed by atoms with Crippen molar-refractivity contribution in [3.63, 3.8) is 0 Å². The fourth-order valence-electron chi connectivity index (χ4n) is 1.74. The number of carboxylic acids is 1. The average molecular weight is 289 g/mol. The minimum atomic E-state index is -1.04. The van der Waals surface area contributed by atoms with Crippen molar-refractivity contribution in [2.24, 2.45) is 0 Å². The smallest absolute Gasteiger partial charge is 0.338 e. The molecule has 110 valence electrons. The van der Waals surface area contributed by atoms with Crippen LogP contribution in [-0.2, 0) is 11.3 Å². The number of nitrogens with one attached hydrogen (secondary N) is 1. The third-order valence-corrected chi connectivity index (χ3v) is 2.80. The highest BCUT2D eigenvalue weighted by molar-refractivity contribution is 5.90. The third-order valence-electron chi connectivity index (χ3n) is 2.80.